The number of hydrogen-bond acceptors (Lipinski definition) is 2. The van der Waals surface area contributed by atoms with E-state index in [9.17, 15) is 9.90 Å². The monoisotopic (exact) mass is 317 g/mol. The lowest BCUT2D eigenvalue weighted by molar-refractivity contribution is -0.0678. The van der Waals surface area contributed by atoms with Crippen molar-refractivity contribution < 1.29 is 9.90 Å². The van der Waals surface area contributed by atoms with Crippen molar-refractivity contribution in [1.29, 1.82) is 0 Å². The van der Waals surface area contributed by atoms with Crippen molar-refractivity contribution >= 4 is 16.7 Å². The van der Waals surface area contributed by atoms with E-state index in [2.05, 4.69) is 24.3 Å². The Morgan fingerprint density at radius 1 is 0.958 bits per heavy atom. The van der Waals surface area contributed by atoms with Gasteiger partial charge in [0.25, 0.3) is 5.91 Å². The zero-order valence-electron chi connectivity index (χ0n) is 13.6. The Balaban J connectivity index is 1.64. The molecule has 1 amide bonds. The van der Waals surface area contributed by atoms with Crippen LogP contribution in [0.1, 0.15) is 28.4 Å². The molecule has 1 aliphatic rings. The van der Waals surface area contributed by atoms with Crippen molar-refractivity contribution in [3.05, 3.63) is 83.4 Å². The molecule has 1 heterocycles. The molecule has 1 N–H and O–H groups in total. The quantitative estimate of drug-likeness (QED) is 0.800. The SMILES string of the molecule is C[C@]1(O)c2ccccc2C(=O)N1CCc1cccc2ccccc12. The molecular formula is C21H19NO2. The van der Waals surface area contributed by atoms with E-state index in [4.69, 9.17) is 0 Å². The molecule has 0 aliphatic carbocycles. The first-order valence-corrected chi connectivity index (χ1v) is 8.19. The van der Waals surface area contributed by atoms with Crippen LogP contribution in [0.15, 0.2) is 66.7 Å². The van der Waals surface area contributed by atoms with E-state index in [1.54, 1.807) is 17.9 Å². The van der Waals surface area contributed by atoms with Crippen LogP contribution >= 0.6 is 0 Å². The molecule has 3 aromatic carbocycles. The van der Waals surface area contributed by atoms with E-state index in [-0.39, 0.29) is 5.91 Å². The minimum Gasteiger partial charge on any atom is -0.367 e. The number of carbonyl (C=O) groups excluding carboxylic acids is 1. The van der Waals surface area contributed by atoms with Crippen molar-refractivity contribution in [2.24, 2.45) is 0 Å². The molecule has 0 radical (unpaired) electrons. The van der Waals surface area contributed by atoms with Crippen molar-refractivity contribution in [2.45, 2.75) is 19.1 Å². The molecule has 1 aliphatic heterocycles. The maximum atomic E-state index is 12.7. The molecule has 120 valence electrons. The second-order valence-corrected chi connectivity index (χ2v) is 6.41. The van der Waals surface area contributed by atoms with E-state index >= 15 is 0 Å². The van der Waals surface area contributed by atoms with Gasteiger partial charge in [0.05, 0.1) is 0 Å². The fourth-order valence-electron chi connectivity index (χ4n) is 3.63. The Bertz CT molecular complexity index is 925. The van der Waals surface area contributed by atoms with E-state index < -0.39 is 5.72 Å². The normalized spacial score (nSPS) is 19.8. The smallest absolute Gasteiger partial charge is 0.256 e. The van der Waals surface area contributed by atoms with Crippen molar-refractivity contribution in [3.63, 3.8) is 0 Å². The van der Waals surface area contributed by atoms with Crippen molar-refractivity contribution in [3.8, 4) is 0 Å². The summed E-state index contributed by atoms with van der Waals surface area (Å²) in [4.78, 5) is 14.2. The number of amides is 1. The molecule has 3 nitrogen and oxygen atoms in total. The van der Waals surface area contributed by atoms with Crippen LogP contribution in [0, 0.1) is 0 Å². The molecular weight excluding hydrogens is 298 g/mol. The predicted octanol–water partition coefficient (Wildman–Crippen LogP) is 3.70. The predicted molar refractivity (Wildman–Crippen MR) is 94.7 cm³/mol. The zero-order chi connectivity index (χ0) is 16.7. The van der Waals surface area contributed by atoms with E-state index in [0.717, 1.165) is 0 Å². The third-order valence-electron chi connectivity index (χ3n) is 4.92. The number of carbonyl (C=O) groups is 1. The standard InChI is InChI=1S/C21H19NO2/c1-21(24)19-12-5-4-11-18(19)20(23)22(21)14-13-16-9-6-8-15-7-2-3-10-17(15)16/h2-12,24H,13-14H2,1H3/t21-/m0/s1. The maximum absolute atomic E-state index is 12.7. The minimum atomic E-state index is -1.25. The van der Waals surface area contributed by atoms with Gasteiger partial charge >= 0.3 is 0 Å². The number of nitrogens with zero attached hydrogens (tertiary/aromatic N) is 1. The second kappa shape index (κ2) is 5.46. The fraction of sp³-hybridized carbons (Fsp3) is 0.190. The van der Waals surface area contributed by atoms with Gasteiger partial charge in [0.1, 0.15) is 0 Å². The minimum absolute atomic E-state index is 0.101. The van der Waals surface area contributed by atoms with E-state index in [1.807, 2.05) is 36.4 Å². The Morgan fingerprint density at radius 2 is 1.67 bits per heavy atom. The summed E-state index contributed by atoms with van der Waals surface area (Å²) in [6, 6.07) is 21.8. The Morgan fingerprint density at radius 3 is 2.50 bits per heavy atom. The molecule has 3 heteroatoms. The summed E-state index contributed by atoms with van der Waals surface area (Å²) >= 11 is 0. The summed E-state index contributed by atoms with van der Waals surface area (Å²) in [7, 11) is 0. The van der Waals surface area contributed by atoms with Gasteiger partial charge in [-0.1, -0.05) is 60.7 Å². The highest BCUT2D eigenvalue weighted by molar-refractivity contribution is 5.99. The third-order valence-corrected chi connectivity index (χ3v) is 4.92. The van der Waals surface area contributed by atoms with Crippen LogP contribution in [0.5, 0.6) is 0 Å². The van der Waals surface area contributed by atoms with Gasteiger partial charge in [0, 0.05) is 17.7 Å². The first kappa shape index (κ1) is 14.9. The van der Waals surface area contributed by atoms with Gasteiger partial charge in [-0.05, 0) is 35.7 Å². The molecule has 0 aromatic heterocycles. The molecule has 0 fully saturated rings. The third kappa shape index (κ3) is 2.21. The molecule has 0 saturated carbocycles. The lowest BCUT2D eigenvalue weighted by atomic mass is 10.0. The van der Waals surface area contributed by atoms with Crippen LogP contribution in [-0.2, 0) is 12.1 Å². The number of fused-ring (bicyclic) bond motifs is 2. The molecule has 0 bridgehead atoms. The van der Waals surface area contributed by atoms with Crippen LogP contribution in [-0.4, -0.2) is 22.5 Å². The lowest BCUT2D eigenvalue weighted by Gasteiger charge is -2.31. The molecule has 3 aromatic rings. The average molecular weight is 317 g/mol. The Kier molecular flexibility index (Phi) is 3.39. The fourth-order valence-corrected chi connectivity index (χ4v) is 3.63. The highest BCUT2D eigenvalue weighted by Gasteiger charge is 2.44. The van der Waals surface area contributed by atoms with Crippen LogP contribution < -0.4 is 0 Å². The van der Waals surface area contributed by atoms with Crippen molar-refractivity contribution in [1.82, 2.24) is 4.90 Å². The molecule has 24 heavy (non-hydrogen) atoms. The second-order valence-electron chi connectivity index (χ2n) is 6.41. The summed E-state index contributed by atoms with van der Waals surface area (Å²) in [5, 5.41) is 13.3. The summed E-state index contributed by atoms with van der Waals surface area (Å²) in [5.74, 6) is -0.101. The number of hydrogen-bond donors (Lipinski definition) is 1. The van der Waals surface area contributed by atoms with E-state index in [0.29, 0.717) is 24.1 Å². The average Bonchev–Trinajstić information content (AvgIpc) is 2.80. The lowest BCUT2D eigenvalue weighted by Crippen LogP contribution is -2.42. The summed E-state index contributed by atoms with van der Waals surface area (Å²) in [5.41, 5.74) is 1.22. The molecule has 4 rings (SSSR count). The van der Waals surface area contributed by atoms with Crippen LogP contribution in [0.25, 0.3) is 10.8 Å². The molecule has 0 saturated heterocycles. The first-order chi connectivity index (χ1) is 11.6. The number of rotatable bonds is 3. The largest absolute Gasteiger partial charge is 0.367 e. The van der Waals surface area contributed by atoms with Gasteiger partial charge in [0.15, 0.2) is 5.72 Å². The van der Waals surface area contributed by atoms with Gasteiger partial charge in [-0.2, -0.15) is 0 Å². The van der Waals surface area contributed by atoms with Gasteiger partial charge in [0.2, 0.25) is 0 Å². The van der Waals surface area contributed by atoms with Gasteiger partial charge < -0.3 is 10.0 Å². The topological polar surface area (TPSA) is 40.5 Å². The Labute approximate surface area is 141 Å². The summed E-state index contributed by atoms with van der Waals surface area (Å²) in [6.07, 6.45) is 0.706. The van der Waals surface area contributed by atoms with Crippen LogP contribution in [0.4, 0.5) is 0 Å². The first-order valence-electron chi connectivity index (χ1n) is 8.19. The molecule has 0 unspecified atom stereocenters. The summed E-state index contributed by atoms with van der Waals surface area (Å²) < 4.78 is 0. The van der Waals surface area contributed by atoms with Gasteiger partial charge in [-0.25, -0.2) is 0 Å². The van der Waals surface area contributed by atoms with Crippen LogP contribution in [0.2, 0.25) is 0 Å². The summed E-state index contributed by atoms with van der Waals surface area (Å²) in [6.45, 7) is 2.17. The van der Waals surface area contributed by atoms with E-state index in [1.165, 1.54) is 16.3 Å². The number of aliphatic hydroxyl groups is 1. The van der Waals surface area contributed by atoms with Gasteiger partial charge in [-0.3, -0.25) is 4.79 Å². The number of benzene rings is 3. The maximum Gasteiger partial charge on any atom is 0.256 e. The van der Waals surface area contributed by atoms with Gasteiger partial charge in [-0.15, -0.1) is 0 Å². The molecule has 1 atom stereocenters. The highest BCUT2D eigenvalue weighted by atomic mass is 16.3. The highest BCUT2D eigenvalue weighted by Crippen LogP contribution is 2.36. The van der Waals surface area contributed by atoms with Crippen LogP contribution in [0.3, 0.4) is 0 Å². The zero-order valence-corrected chi connectivity index (χ0v) is 13.6. The van der Waals surface area contributed by atoms with Crippen molar-refractivity contribution in [2.75, 3.05) is 6.54 Å². The molecule has 0 spiro atoms. The Hall–Kier alpha value is -2.65.